The molecular weight excluding hydrogens is 528 g/mol. The minimum Gasteiger partial charge on any atom is -0.345 e. The summed E-state index contributed by atoms with van der Waals surface area (Å²) in [5.74, 6) is -2.06. The third-order valence-corrected chi connectivity index (χ3v) is 6.16. The molecule has 0 fully saturated rings. The van der Waals surface area contributed by atoms with Crippen LogP contribution in [0.3, 0.4) is 0 Å². The van der Waals surface area contributed by atoms with Gasteiger partial charge in [-0.25, -0.2) is 8.78 Å². The first-order valence-corrected chi connectivity index (χ1v) is 11.5. The highest BCUT2D eigenvalue weighted by molar-refractivity contribution is 9.10. The minimum atomic E-state index is -0.886. The Morgan fingerprint density at radius 3 is 2.66 bits per heavy atom. The van der Waals surface area contributed by atoms with Crippen LogP contribution in [-0.4, -0.2) is 32.3 Å². The third-order valence-electron chi connectivity index (χ3n) is 4.24. The Kier molecular flexibility index (Phi) is 8.21. The van der Waals surface area contributed by atoms with Gasteiger partial charge in [-0.15, -0.1) is 10.2 Å². The lowest BCUT2D eigenvalue weighted by Gasteiger charge is -2.10. The highest BCUT2D eigenvalue weighted by Crippen LogP contribution is 2.27. The predicted molar refractivity (Wildman–Crippen MR) is 122 cm³/mol. The molecule has 3 aromatic rings. The number of rotatable bonds is 8. The molecule has 0 saturated carbocycles. The van der Waals surface area contributed by atoms with Crippen molar-refractivity contribution in [3.05, 3.63) is 68.9 Å². The quantitative estimate of drug-likeness (QED) is 0.403. The molecule has 0 spiro atoms. The van der Waals surface area contributed by atoms with Gasteiger partial charge in [0.25, 0.3) is 5.91 Å². The second-order valence-corrected chi connectivity index (χ2v) is 8.59. The van der Waals surface area contributed by atoms with E-state index in [0.29, 0.717) is 34.2 Å². The number of benzene rings is 2. The van der Waals surface area contributed by atoms with Crippen LogP contribution in [-0.2, 0) is 17.9 Å². The number of carbonyl (C=O) groups excluding carboxylic acids is 2. The zero-order valence-corrected chi connectivity index (χ0v) is 19.8. The summed E-state index contributed by atoms with van der Waals surface area (Å²) in [5, 5.41) is 14.1. The molecule has 12 heteroatoms. The maximum Gasteiger partial charge on any atom is 0.253 e. The van der Waals surface area contributed by atoms with Gasteiger partial charge in [0.15, 0.2) is 16.8 Å². The standard InChI is InChI=1S/C20H17BrClF2N5O2S/c1-2-29-16(9-25-19(31)12-5-3-4-6-14(12)22)27-28-20(29)32-10-17(30)26-18-13(21)7-11(23)8-15(18)24/h3-8H,2,9-10H2,1H3,(H,25,31)(H,26,30). The normalized spacial score (nSPS) is 10.8. The number of nitrogens with zero attached hydrogens (tertiary/aromatic N) is 3. The number of amides is 2. The van der Waals surface area contributed by atoms with Gasteiger partial charge in [-0.05, 0) is 41.1 Å². The van der Waals surface area contributed by atoms with Crippen molar-refractivity contribution < 1.29 is 18.4 Å². The number of thioether (sulfide) groups is 1. The van der Waals surface area contributed by atoms with E-state index in [1.807, 2.05) is 6.92 Å². The van der Waals surface area contributed by atoms with Crippen molar-refractivity contribution in [3.8, 4) is 0 Å². The number of halogens is 4. The fourth-order valence-electron chi connectivity index (χ4n) is 2.74. The van der Waals surface area contributed by atoms with Crippen LogP contribution in [0, 0.1) is 11.6 Å². The van der Waals surface area contributed by atoms with E-state index in [1.165, 1.54) is 0 Å². The molecule has 0 bridgehead atoms. The van der Waals surface area contributed by atoms with E-state index in [1.54, 1.807) is 28.8 Å². The van der Waals surface area contributed by atoms with Crippen LogP contribution >= 0.6 is 39.3 Å². The summed E-state index contributed by atoms with van der Waals surface area (Å²) in [5.41, 5.74) is 0.208. The summed E-state index contributed by atoms with van der Waals surface area (Å²) in [6.07, 6.45) is 0. The summed E-state index contributed by atoms with van der Waals surface area (Å²) >= 11 is 10.2. The predicted octanol–water partition coefficient (Wildman–Crippen LogP) is 4.65. The van der Waals surface area contributed by atoms with Crippen molar-refractivity contribution in [2.24, 2.45) is 0 Å². The molecule has 1 heterocycles. The number of nitrogens with one attached hydrogen (secondary N) is 2. The zero-order valence-electron chi connectivity index (χ0n) is 16.7. The van der Waals surface area contributed by atoms with Crippen LogP contribution in [0.2, 0.25) is 5.02 Å². The molecule has 7 nitrogen and oxygen atoms in total. The average Bonchev–Trinajstić information content (AvgIpc) is 3.15. The SMILES string of the molecule is CCn1c(CNC(=O)c2ccccc2Cl)nnc1SCC(=O)Nc1c(F)cc(F)cc1Br. The van der Waals surface area contributed by atoms with Crippen LogP contribution in [0.1, 0.15) is 23.1 Å². The van der Waals surface area contributed by atoms with Gasteiger partial charge in [0.1, 0.15) is 5.82 Å². The molecule has 2 aromatic carbocycles. The Hall–Kier alpha value is -2.50. The Labute approximate surface area is 200 Å². The van der Waals surface area contributed by atoms with Gasteiger partial charge in [-0.3, -0.25) is 9.59 Å². The molecule has 0 atom stereocenters. The Morgan fingerprint density at radius 1 is 1.22 bits per heavy atom. The van der Waals surface area contributed by atoms with E-state index in [2.05, 4.69) is 36.8 Å². The van der Waals surface area contributed by atoms with E-state index in [9.17, 15) is 18.4 Å². The van der Waals surface area contributed by atoms with Crippen molar-refractivity contribution in [2.75, 3.05) is 11.1 Å². The molecule has 0 aliphatic carbocycles. The van der Waals surface area contributed by atoms with Crippen LogP contribution in [0.4, 0.5) is 14.5 Å². The van der Waals surface area contributed by atoms with Crippen molar-refractivity contribution >= 4 is 56.8 Å². The molecule has 1 aromatic heterocycles. The minimum absolute atomic E-state index is 0.0760. The second kappa shape index (κ2) is 10.9. The number of hydrogen-bond donors (Lipinski definition) is 2. The molecular formula is C20H17BrClF2N5O2S. The maximum atomic E-state index is 13.9. The number of anilines is 1. The molecule has 2 N–H and O–H groups in total. The topological polar surface area (TPSA) is 88.9 Å². The smallest absolute Gasteiger partial charge is 0.253 e. The third kappa shape index (κ3) is 5.84. The van der Waals surface area contributed by atoms with Crippen molar-refractivity contribution in [3.63, 3.8) is 0 Å². The Morgan fingerprint density at radius 2 is 1.97 bits per heavy atom. The number of carbonyl (C=O) groups is 2. The van der Waals surface area contributed by atoms with E-state index in [0.717, 1.165) is 17.8 Å². The van der Waals surface area contributed by atoms with Gasteiger partial charge in [-0.1, -0.05) is 35.5 Å². The summed E-state index contributed by atoms with van der Waals surface area (Å²) in [7, 11) is 0. The van der Waals surface area contributed by atoms with Gasteiger partial charge >= 0.3 is 0 Å². The van der Waals surface area contributed by atoms with Crippen molar-refractivity contribution in [1.82, 2.24) is 20.1 Å². The fraction of sp³-hybridized carbons (Fsp3) is 0.200. The highest BCUT2D eigenvalue weighted by atomic mass is 79.9. The van der Waals surface area contributed by atoms with Crippen molar-refractivity contribution in [1.29, 1.82) is 0 Å². The van der Waals surface area contributed by atoms with Gasteiger partial charge in [-0.2, -0.15) is 0 Å². The van der Waals surface area contributed by atoms with E-state index in [-0.39, 0.29) is 28.4 Å². The molecule has 0 aliphatic heterocycles. The number of hydrogen-bond acceptors (Lipinski definition) is 5. The lowest BCUT2D eigenvalue weighted by Crippen LogP contribution is -2.25. The maximum absolute atomic E-state index is 13.9. The van der Waals surface area contributed by atoms with Crippen LogP contribution in [0.25, 0.3) is 0 Å². The summed E-state index contributed by atoms with van der Waals surface area (Å²) in [6.45, 7) is 2.50. The molecule has 0 radical (unpaired) electrons. The highest BCUT2D eigenvalue weighted by Gasteiger charge is 2.17. The first-order valence-electron chi connectivity index (χ1n) is 9.32. The van der Waals surface area contributed by atoms with Gasteiger partial charge in [0.05, 0.1) is 28.6 Å². The monoisotopic (exact) mass is 543 g/mol. The van der Waals surface area contributed by atoms with Crippen LogP contribution in [0.15, 0.2) is 46.0 Å². The first kappa shape index (κ1) is 24.1. The van der Waals surface area contributed by atoms with Crippen LogP contribution in [0.5, 0.6) is 0 Å². The molecule has 0 saturated heterocycles. The van der Waals surface area contributed by atoms with Crippen molar-refractivity contribution in [2.45, 2.75) is 25.2 Å². The molecule has 0 unspecified atom stereocenters. The van der Waals surface area contributed by atoms with Gasteiger partial charge < -0.3 is 15.2 Å². The van der Waals surface area contributed by atoms with Gasteiger partial charge in [0.2, 0.25) is 5.91 Å². The number of aromatic nitrogens is 3. The zero-order chi connectivity index (χ0) is 23.3. The molecule has 3 rings (SSSR count). The largest absolute Gasteiger partial charge is 0.345 e. The van der Waals surface area contributed by atoms with E-state index in [4.69, 9.17) is 11.6 Å². The molecule has 0 aliphatic rings. The van der Waals surface area contributed by atoms with Crippen LogP contribution < -0.4 is 10.6 Å². The Bertz CT molecular complexity index is 1140. The molecule has 32 heavy (non-hydrogen) atoms. The lowest BCUT2D eigenvalue weighted by molar-refractivity contribution is -0.113. The summed E-state index contributed by atoms with van der Waals surface area (Å²) in [6, 6.07) is 8.43. The Balaban J connectivity index is 1.61. The molecule has 2 amide bonds. The lowest BCUT2D eigenvalue weighted by atomic mass is 10.2. The average molecular weight is 545 g/mol. The second-order valence-electron chi connectivity index (χ2n) is 6.39. The summed E-state index contributed by atoms with van der Waals surface area (Å²) < 4.78 is 28.9. The summed E-state index contributed by atoms with van der Waals surface area (Å²) in [4.78, 5) is 24.6. The van der Waals surface area contributed by atoms with Gasteiger partial charge in [0, 0.05) is 17.1 Å². The molecule has 168 valence electrons. The fourth-order valence-corrected chi connectivity index (χ4v) is 4.29. The first-order chi connectivity index (χ1) is 15.3. The van der Waals surface area contributed by atoms with E-state index >= 15 is 0 Å². The van der Waals surface area contributed by atoms with E-state index < -0.39 is 17.5 Å².